The third kappa shape index (κ3) is 6.52. The lowest BCUT2D eigenvalue weighted by Gasteiger charge is -2.21. The fraction of sp³-hybridized carbons (Fsp3) is 0.435. The van der Waals surface area contributed by atoms with E-state index in [4.69, 9.17) is 9.73 Å². The van der Waals surface area contributed by atoms with E-state index in [1.807, 2.05) is 18.2 Å². The van der Waals surface area contributed by atoms with Gasteiger partial charge in [0.05, 0.1) is 18.8 Å². The molecule has 2 atom stereocenters. The maximum absolute atomic E-state index is 5.52. The van der Waals surface area contributed by atoms with Crippen molar-refractivity contribution in [3.8, 4) is 5.75 Å². The number of rotatable bonds is 7. The second-order valence-corrected chi connectivity index (χ2v) is 7.27. The number of nitrogens with zero attached hydrogens (tertiary/aromatic N) is 2. The Morgan fingerprint density at radius 3 is 2.62 bits per heavy atom. The first-order valence-corrected chi connectivity index (χ1v) is 10.2. The van der Waals surface area contributed by atoms with Crippen LogP contribution in [-0.2, 0) is 0 Å². The fourth-order valence-electron chi connectivity index (χ4n) is 3.66. The average molecular weight is 508 g/mol. The van der Waals surface area contributed by atoms with Crippen LogP contribution >= 0.6 is 24.0 Å². The molecule has 1 aliphatic heterocycles. The fourth-order valence-corrected chi connectivity index (χ4v) is 3.66. The molecule has 0 amide bonds. The van der Waals surface area contributed by atoms with Gasteiger partial charge in [-0.2, -0.15) is 0 Å². The van der Waals surface area contributed by atoms with Crippen LogP contribution < -0.4 is 20.3 Å². The molecule has 0 aromatic heterocycles. The maximum atomic E-state index is 5.52. The van der Waals surface area contributed by atoms with E-state index in [1.54, 1.807) is 7.11 Å². The van der Waals surface area contributed by atoms with Crippen LogP contribution in [0.5, 0.6) is 5.75 Å². The Morgan fingerprint density at radius 2 is 1.90 bits per heavy atom. The van der Waals surface area contributed by atoms with Crippen LogP contribution in [-0.4, -0.2) is 39.2 Å². The number of ether oxygens (including phenoxy) is 1. The molecule has 0 spiro atoms. The Balaban J connectivity index is 0.00000300. The smallest absolute Gasteiger partial charge is 0.191 e. The number of hydrogen-bond acceptors (Lipinski definition) is 3. The van der Waals surface area contributed by atoms with Crippen molar-refractivity contribution in [1.82, 2.24) is 10.6 Å². The third-order valence-electron chi connectivity index (χ3n) is 5.22. The number of hydrogen-bond donors (Lipinski definition) is 2. The minimum Gasteiger partial charge on any atom is -0.495 e. The molecule has 29 heavy (non-hydrogen) atoms. The van der Waals surface area contributed by atoms with E-state index in [0.29, 0.717) is 5.92 Å². The summed E-state index contributed by atoms with van der Waals surface area (Å²) in [5.41, 5.74) is 2.44. The van der Waals surface area contributed by atoms with Gasteiger partial charge in [-0.3, -0.25) is 4.99 Å². The van der Waals surface area contributed by atoms with Crippen LogP contribution in [0, 0.1) is 5.92 Å². The highest BCUT2D eigenvalue weighted by atomic mass is 127. The summed E-state index contributed by atoms with van der Waals surface area (Å²) < 4.78 is 5.52. The zero-order chi connectivity index (χ0) is 19.8. The molecule has 1 fully saturated rings. The first kappa shape index (κ1) is 23.3. The Bertz CT molecular complexity index is 768. The Kier molecular flexibility index (Phi) is 9.57. The van der Waals surface area contributed by atoms with Gasteiger partial charge < -0.3 is 20.3 Å². The monoisotopic (exact) mass is 508 g/mol. The summed E-state index contributed by atoms with van der Waals surface area (Å²) in [7, 11) is 1.74. The second-order valence-electron chi connectivity index (χ2n) is 7.27. The lowest BCUT2D eigenvalue weighted by atomic mass is 10.1. The number of halogens is 1. The van der Waals surface area contributed by atoms with Crippen LogP contribution in [0.25, 0.3) is 0 Å². The van der Waals surface area contributed by atoms with E-state index in [-0.39, 0.29) is 30.0 Å². The van der Waals surface area contributed by atoms with Crippen molar-refractivity contribution in [2.75, 3.05) is 38.2 Å². The van der Waals surface area contributed by atoms with Gasteiger partial charge in [-0.1, -0.05) is 42.5 Å². The normalized spacial score (nSPS) is 17.4. The standard InChI is InChI=1S/C23H32N4O.HI/c1-4-24-23(26-18(2)20-10-6-5-7-11-20)25-16-19-14-15-27(17-19)21-12-8-9-13-22(21)28-3;/h5-13,18-19H,4,14-17H2,1-3H3,(H2,24,25,26);1H. The molecule has 0 saturated carbocycles. The first-order valence-electron chi connectivity index (χ1n) is 10.2. The molecule has 2 N–H and O–H groups in total. The summed E-state index contributed by atoms with van der Waals surface area (Å²) in [6, 6.07) is 18.9. The quantitative estimate of drug-likeness (QED) is 0.330. The molecule has 2 unspecified atom stereocenters. The van der Waals surface area contributed by atoms with Gasteiger partial charge in [0.2, 0.25) is 0 Å². The first-order chi connectivity index (χ1) is 13.7. The van der Waals surface area contributed by atoms with E-state index in [2.05, 4.69) is 65.8 Å². The summed E-state index contributed by atoms with van der Waals surface area (Å²) in [5, 5.41) is 6.90. The van der Waals surface area contributed by atoms with Crippen molar-refractivity contribution >= 4 is 35.6 Å². The number of para-hydroxylation sites is 2. The molecule has 1 saturated heterocycles. The molecule has 2 aromatic carbocycles. The van der Waals surface area contributed by atoms with Gasteiger partial charge in [-0.05, 0) is 43.9 Å². The molecule has 0 radical (unpaired) electrons. The second kappa shape index (κ2) is 11.9. The number of benzene rings is 2. The van der Waals surface area contributed by atoms with Gasteiger partial charge in [-0.15, -0.1) is 24.0 Å². The topological polar surface area (TPSA) is 48.9 Å². The van der Waals surface area contributed by atoms with Crippen LogP contribution in [0.15, 0.2) is 59.6 Å². The average Bonchev–Trinajstić information content (AvgIpc) is 3.21. The van der Waals surface area contributed by atoms with Crippen molar-refractivity contribution in [3.05, 3.63) is 60.2 Å². The van der Waals surface area contributed by atoms with Crippen LogP contribution in [0.2, 0.25) is 0 Å². The van der Waals surface area contributed by atoms with Crippen molar-refractivity contribution in [3.63, 3.8) is 0 Å². The lowest BCUT2D eigenvalue weighted by Crippen LogP contribution is -2.39. The predicted octanol–water partition coefficient (Wildman–Crippen LogP) is 4.46. The summed E-state index contributed by atoms with van der Waals surface area (Å²) >= 11 is 0. The zero-order valence-electron chi connectivity index (χ0n) is 17.6. The van der Waals surface area contributed by atoms with E-state index in [0.717, 1.165) is 44.3 Å². The number of methoxy groups -OCH3 is 1. The number of guanidine groups is 1. The molecule has 1 aliphatic rings. The van der Waals surface area contributed by atoms with Crippen molar-refractivity contribution in [2.45, 2.75) is 26.3 Å². The van der Waals surface area contributed by atoms with Gasteiger partial charge in [0.25, 0.3) is 0 Å². The molecule has 1 heterocycles. The van der Waals surface area contributed by atoms with Gasteiger partial charge in [-0.25, -0.2) is 0 Å². The largest absolute Gasteiger partial charge is 0.495 e. The molecule has 0 bridgehead atoms. The molecule has 6 heteroatoms. The summed E-state index contributed by atoms with van der Waals surface area (Å²) in [4.78, 5) is 7.28. The highest BCUT2D eigenvalue weighted by molar-refractivity contribution is 14.0. The molecule has 0 aliphatic carbocycles. The highest BCUT2D eigenvalue weighted by Crippen LogP contribution is 2.31. The van der Waals surface area contributed by atoms with Gasteiger partial charge in [0.1, 0.15) is 5.75 Å². The summed E-state index contributed by atoms with van der Waals surface area (Å²) in [5.74, 6) is 2.38. The Morgan fingerprint density at radius 1 is 1.17 bits per heavy atom. The molecule has 2 aromatic rings. The van der Waals surface area contributed by atoms with Crippen LogP contribution in [0.1, 0.15) is 31.9 Å². The van der Waals surface area contributed by atoms with Crippen molar-refractivity contribution in [1.29, 1.82) is 0 Å². The zero-order valence-corrected chi connectivity index (χ0v) is 19.9. The minimum atomic E-state index is 0. The number of anilines is 1. The maximum Gasteiger partial charge on any atom is 0.191 e. The van der Waals surface area contributed by atoms with Gasteiger partial charge in [0.15, 0.2) is 5.96 Å². The molecule has 3 rings (SSSR count). The van der Waals surface area contributed by atoms with E-state index < -0.39 is 0 Å². The van der Waals surface area contributed by atoms with Gasteiger partial charge in [0, 0.05) is 26.2 Å². The minimum absolute atomic E-state index is 0. The predicted molar refractivity (Wildman–Crippen MR) is 133 cm³/mol. The van der Waals surface area contributed by atoms with Crippen molar-refractivity contribution < 1.29 is 4.74 Å². The third-order valence-corrected chi connectivity index (χ3v) is 5.22. The highest BCUT2D eigenvalue weighted by Gasteiger charge is 2.24. The van der Waals surface area contributed by atoms with E-state index in [1.165, 1.54) is 11.3 Å². The molecular weight excluding hydrogens is 475 g/mol. The molecule has 158 valence electrons. The summed E-state index contributed by atoms with van der Waals surface area (Å²) in [6.07, 6.45) is 1.15. The number of nitrogens with one attached hydrogen (secondary N) is 2. The Labute approximate surface area is 192 Å². The number of aliphatic imine (C=N–C) groups is 1. The lowest BCUT2D eigenvalue weighted by molar-refractivity contribution is 0.414. The van der Waals surface area contributed by atoms with Crippen LogP contribution in [0.3, 0.4) is 0 Å². The van der Waals surface area contributed by atoms with Gasteiger partial charge >= 0.3 is 0 Å². The van der Waals surface area contributed by atoms with E-state index in [9.17, 15) is 0 Å². The van der Waals surface area contributed by atoms with Crippen molar-refractivity contribution in [2.24, 2.45) is 10.9 Å². The molecular formula is C23H33IN4O. The van der Waals surface area contributed by atoms with Crippen LogP contribution in [0.4, 0.5) is 5.69 Å². The van der Waals surface area contributed by atoms with E-state index >= 15 is 0 Å². The Hall–Kier alpha value is -1.96. The summed E-state index contributed by atoms with van der Waals surface area (Å²) in [6.45, 7) is 8.00. The molecule has 5 nitrogen and oxygen atoms in total. The SMILES string of the molecule is CCNC(=NCC1CCN(c2ccccc2OC)C1)NC(C)c1ccccc1.I.